The molecule has 0 heterocycles. The fraction of sp³-hybridized carbons (Fsp3) is 0.350. The van der Waals surface area contributed by atoms with Crippen LogP contribution in [0.4, 0.5) is 5.69 Å². The maximum Gasteiger partial charge on any atom is 0.262 e. The number of benzene rings is 2. The zero-order valence-electron chi connectivity index (χ0n) is 16.6. The first kappa shape index (κ1) is 21.7. The predicted molar refractivity (Wildman–Crippen MR) is 108 cm³/mol. The van der Waals surface area contributed by atoms with Crippen molar-refractivity contribution in [3.8, 4) is 11.5 Å². The molecular weight excluding hydrogens is 380 g/mol. The van der Waals surface area contributed by atoms with Crippen molar-refractivity contribution in [2.24, 2.45) is 0 Å². The fourth-order valence-corrected chi connectivity index (χ4v) is 3.48. The minimum absolute atomic E-state index is 0.00628. The van der Waals surface area contributed by atoms with Crippen LogP contribution in [0, 0.1) is 0 Å². The predicted octanol–water partition coefficient (Wildman–Crippen LogP) is 2.92. The van der Waals surface area contributed by atoms with Crippen LogP contribution < -0.4 is 14.8 Å². The molecule has 0 fully saturated rings. The highest BCUT2D eigenvalue weighted by molar-refractivity contribution is 7.89. The van der Waals surface area contributed by atoms with Gasteiger partial charge in [0, 0.05) is 19.8 Å². The molecule has 0 atom stereocenters. The van der Waals surface area contributed by atoms with Crippen LogP contribution in [-0.4, -0.2) is 45.9 Å². The van der Waals surface area contributed by atoms with E-state index in [-0.39, 0.29) is 17.3 Å². The Hall–Kier alpha value is -2.58. The Balaban J connectivity index is 2.11. The summed E-state index contributed by atoms with van der Waals surface area (Å²) in [5, 5.41) is 2.65. The van der Waals surface area contributed by atoms with Crippen molar-refractivity contribution in [3.05, 3.63) is 48.0 Å². The molecule has 28 heavy (non-hydrogen) atoms. The quantitative estimate of drug-likeness (QED) is 0.692. The molecule has 0 aliphatic carbocycles. The highest BCUT2D eigenvalue weighted by atomic mass is 32.2. The number of nitrogens with one attached hydrogen (secondary N) is 1. The lowest BCUT2D eigenvalue weighted by Gasteiger charge is -2.16. The smallest absolute Gasteiger partial charge is 0.262 e. The van der Waals surface area contributed by atoms with Gasteiger partial charge in [-0.25, -0.2) is 12.7 Å². The maximum absolute atomic E-state index is 12.5. The molecule has 8 heteroatoms. The number of nitrogens with zero attached hydrogens (tertiary/aromatic N) is 1. The third-order valence-electron chi connectivity index (χ3n) is 3.99. The number of ether oxygens (including phenoxy) is 2. The van der Waals surface area contributed by atoms with Crippen LogP contribution in [0.1, 0.15) is 19.4 Å². The molecule has 2 aromatic rings. The first-order chi connectivity index (χ1) is 13.3. The highest BCUT2D eigenvalue weighted by Crippen LogP contribution is 2.29. The zero-order chi connectivity index (χ0) is 20.7. The van der Waals surface area contributed by atoms with Crippen molar-refractivity contribution in [2.45, 2.75) is 25.2 Å². The molecule has 1 amide bonds. The minimum atomic E-state index is -3.72. The van der Waals surface area contributed by atoms with Gasteiger partial charge in [0.2, 0.25) is 10.0 Å². The number of sulfonamides is 1. The second-order valence-electron chi connectivity index (χ2n) is 6.22. The molecule has 0 radical (unpaired) electrons. The minimum Gasteiger partial charge on any atom is -0.492 e. The van der Waals surface area contributed by atoms with Gasteiger partial charge >= 0.3 is 0 Å². The van der Waals surface area contributed by atoms with E-state index in [9.17, 15) is 13.2 Å². The van der Waals surface area contributed by atoms with Crippen LogP contribution in [0.2, 0.25) is 0 Å². The average Bonchev–Trinajstić information content (AvgIpc) is 2.68. The van der Waals surface area contributed by atoms with E-state index in [4.69, 9.17) is 9.47 Å². The molecule has 0 spiro atoms. The highest BCUT2D eigenvalue weighted by Gasteiger charge is 2.23. The normalized spacial score (nSPS) is 11.3. The van der Waals surface area contributed by atoms with Crippen molar-refractivity contribution < 1.29 is 22.7 Å². The van der Waals surface area contributed by atoms with Crippen molar-refractivity contribution in [3.63, 3.8) is 0 Å². The van der Waals surface area contributed by atoms with E-state index in [1.54, 1.807) is 13.0 Å². The van der Waals surface area contributed by atoms with Gasteiger partial charge in [-0.3, -0.25) is 4.79 Å². The van der Waals surface area contributed by atoms with Gasteiger partial charge in [0.1, 0.15) is 16.4 Å². The number of carbonyl (C=O) groups is 1. The second kappa shape index (κ2) is 9.57. The van der Waals surface area contributed by atoms with Crippen molar-refractivity contribution in [2.75, 3.05) is 32.6 Å². The Kier molecular flexibility index (Phi) is 7.42. The topological polar surface area (TPSA) is 84.9 Å². The standard InChI is InChI=1S/C20H26N2O5S/c1-5-15-7-10-17(11-8-15)27-14-20(23)21-16-9-12-18(26-6-2)19(13-16)28(24,25)22(3)4/h7-13H,5-6,14H2,1-4H3,(H,21,23). The summed E-state index contributed by atoms with van der Waals surface area (Å²) in [4.78, 5) is 12.2. The summed E-state index contributed by atoms with van der Waals surface area (Å²) >= 11 is 0. The lowest BCUT2D eigenvalue weighted by molar-refractivity contribution is -0.118. The molecule has 0 saturated heterocycles. The maximum atomic E-state index is 12.5. The first-order valence-corrected chi connectivity index (χ1v) is 10.4. The summed E-state index contributed by atoms with van der Waals surface area (Å²) in [5.74, 6) is 0.438. The van der Waals surface area contributed by atoms with Gasteiger partial charge in [-0.15, -0.1) is 0 Å². The lowest BCUT2D eigenvalue weighted by atomic mass is 10.2. The van der Waals surface area contributed by atoms with Gasteiger partial charge < -0.3 is 14.8 Å². The number of rotatable bonds is 9. The number of hydrogen-bond acceptors (Lipinski definition) is 5. The average molecular weight is 407 g/mol. The van der Waals surface area contributed by atoms with E-state index < -0.39 is 15.9 Å². The number of hydrogen-bond donors (Lipinski definition) is 1. The van der Waals surface area contributed by atoms with Gasteiger partial charge in [-0.05, 0) is 49.2 Å². The van der Waals surface area contributed by atoms with Gasteiger partial charge in [0.05, 0.1) is 6.61 Å². The number of carbonyl (C=O) groups excluding carboxylic acids is 1. The Morgan fingerprint density at radius 1 is 1.04 bits per heavy atom. The molecule has 7 nitrogen and oxygen atoms in total. The van der Waals surface area contributed by atoms with Crippen LogP contribution in [0.5, 0.6) is 11.5 Å². The van der Waals surface area contributed by atoms with E-state index in [1.165, 1.54) is 31.8 Å². The van der Waals surface area contributed by atoms with Gasteiger partial charge in [-0.2, -0.15) is 0 Å². The van der Waals surface area contributed by atoms with Crippen LogP contribution in [0.3, 0.4) is 0 Å². The largest absolute Gasteiger partial charge is 0.492 e. The Labute approximate surface area is 166 Å². The second-order valence-corrected chi connectivity index (χ2v) is 8.34. The molecule has 152 valence electrons. The van der Waals surface area contributed by atoms with Crippen molar-refractivity contribution in [1.82, 2.24) is 4.31 Å². The van der Waals surface area contributed by atoms with E-state index in [0.717, 1.165) is 10.7 Å². The van der Waals surface area contributed by atoms with Crippen molar-refractivity contribution >= 4 is 21.6 Å². The monoisotopic (exact) mass is 406 g/mol. The van der Waals surface area contributed by atoms with Gasteiger partial charge in [0.25, 0.3) is 5.91 Å². The molecule has 0 unspecified atom stereocenters. The summed E-state index contributed by atoms with van der Waals surface area (Å²) in [6.45, 7) is 3.97. The SMILES string of the molecule is CCOc1ccc(NC(=O)COc2ccc(CC)cc2)cc1S(=O)(=O)N(C)C. The first-order valence-electron chi connectivity index (χ1n) is 8.98. The summed E-state index contributed by atoms with van der Waals surface area (Å²) in [6, 6.07) is 12.0. The van der Waals surface area contributed by atoms with Gasteiger partial charge in [-0.1, -0.05) is 19.1 Å². The molecule has 0 saturated carbocycles. The Morgan fingerprint density at radius 3 is 2.29 bits per heavy atom. The lowest BCUT2D eigenvalue weighted by Crippen LogP contribution is -2.24. The number of anilines is 1. The third kappa shape index (κ3) is 5.46. The van der Waals surface area contributed by atoms with Crippen LogP contribution in [0.15, 0.2) is 47.4 Å². The molecule has 2 rings (SSSR count). The van der Waals surface area contributed by atoms with Crippen LogP contribution in [0.25, 0.3) is 0 Å². The van der Waals surface area contributed by atoms with E-state index in [0.29, 0.717) is 18.0 Å². The third-order valence-corrected chi connectivity index (χ3v) is 5.82. The molecule has 0 aliphatic heterocycles. The fourth-order valence-electron chi connectivity index (χ4n) is 2.43. The van der Waals surface area contributed by atoms with Crippen LogP contribution in [-0.2, 0) is 21.2 Å². The van der Waals surface area contributed by atoms with Crippen molar-refractivity contribution in [1.29, 1.82) is 0 Å². The molecule has 0 aliphatic rings. The summed E-state index contributed by atoms with van der Waals surface area (Å²) in [7, 11) is -0.847. The summed E-state index contributed by atoms with van der Waals surface area (Å²) in [6.07, 6.45) is 0.927. The molecule has 0 bridgehead atoms. The molecule has 1 N–H and O–H groups in total. The Bertz CT molecular complexity index is 909. The van der Waals surface area contributed by atoms with Crippen LogP contribution >= 0.6 is 0 Å². The zero-order valence-corrected chi connectivity index (χ0v) is 17.4. The number of aryl methyl sites for hydroxylation is 1. The Morgan fingerprint density at radius 2 is 1.71 bits per heavy atom. The van der Waals surface area contributed by atoms with E-state index in [1.807, 2.05) is 24.3 Å². The van der Waals surface area contributed by atoms with Gasteiger partial charge in [0.15, 0.2) is 6.61 Å². The molecule has 2 aromatic carbocycles. The summed E-state index contributed by atoms with van der Waals surface area (Å²) in [5.41, 5.74) is 1.53. The number of amides is 1. The van der Waals surface area contributed by atoms with E-state index in [2.05, 4.69) is 12.2 Å². The molecule has 0 aromatic heterocycles. The molecular formula is C20H26N2O5S. The summed E-state index contributed by atoms with van der Waals surface area (Å²) < 4.78 is 37.1. The van der Waals surface area contributed by atoms with E-state index >= 15 is 0 Å².